The Morgan fingerprint density at radius 1 is 1.11 bits per heavy atom. The number of hydrogen-bond acceptors (Lipinski definition) is 4. The number of nitrogens with zero attached hydrogens (tertiary/aromatic N) is 1. The van der Waals surface area contributed by atoms with Crippen LogP contribution in [0.15, 0.2) is 0 Å². The van der Waals surface area contributed by atoms with Crippen LogP contribution in [-0.2, 0) is 14.3 Å². The molecule has 152 valence electrons. The molecular formula is C20H33N3O4. The van der Waals surface area contributed by atoms with Crippen LogP contribution < -0.4 is 11.1 Å². The number of hydrogen-bond donors (Lipinski definition) is 2. The van der Waals surface area contributed by atoms with Gasteiger partial charge in [0.05, 0.1) is 0 Å². The van der Waals surface area contributed by atoms with E-state index in [9.17, 15) is 14.4 Å². The van der Waals surface area contributed by atoms with Crippen LogP contribution in [0.1, 0.15) is 59.8 Å². The minimum absolute atomic E-state index is 0.0213. The number of alkyl carbamates (subject to hydrolysis) is 1. The molecule has 1 heterocycles. The second-order valence-electron chi connectivity index (χ2n) is 9.79. The molecule has 3 atom stereocenters. The first-order valence-electron chi connectivity index (χ1n) is 10.1. The molecule has 1 saturated heterocycles. The number of primary amides is 1. The van der Waals surface area contributed by atoms with E-state index in [-0.39, 0.29) is 17.9 Å². The van der Waals surface area contributed by atoms with Gasteiger partial charge in [-0.1, -0.05) is 27.7 Å². The molecule has 3 aliphatic carbocycles. The molecule has 1 aliphatic heterocycles. The molecule has 0 aromatic heterocycles. The summed E-state index contributed by atoms with van der Waals surface area (Å²) in [7, 11) is 0. The van der Waals surface area contributed by atoms with Crippen LogP contribution in [-0.4, -0.2) is 47.5 Å². The van der Waals surface area contributed by atoms with E-state index in [1.165, 1.54) is 17.7 Å². The van der Waals surface area contributed by atoms with Gasteiger partial charge in [0.15, 0.2) is 0 Å². The van der Waals surface area contributed by atoms with Gasteiger partial charge in [-0.15, -0.1) is 0 Å². The fraction of sp³-hybridized carbons (Fsp3) is 0.850. The van der Waals surface area contributed by atoms with Gasteiger partial charge in [-0.25, -0.2) is 4.79 Å². The van der Waals surface area contributed by atoms with Crippen LogP contribution in [0.3, 0.4) is 0 Å². The molecule has 2 unspecified atom stereocenters. The summed E-state index contributed by atoms with van der Waals surface area (Å²) in [6.07, 6.45) is 4.49. The number of carbonyl (C=O) groups excluding carboxylic acids is 3. The highest BCUT2D eigenvalue weighted by atomic mass is 16.6. The van der Waals surface area contributed by atoms with Gasteiger partial charge in [-0.3, -0.25) is 9.59 Å². The summed E-state index contributed by atoms with van der Waals surface area (Å²) < 4.78 is 5.61. The topological polar surface area (TPSA) is 102 Å². The third-order valence-electron chi connectivity index (χ3n) is 6.45. The first-order valence-corrected chi connectivity index (χ1v) is 10.1. The third-order valence-corrected chi connectivity index (χ3v) is 6.45. The van der Waals surface area contributed by atoms with E-state index >= 15 is 0 Å². The number of likely N-dealkylation sites (tertiary alicyclic amines) is 1. The maximum Gasteiger partial charge on any atom is 0.408 e. The maximum atomic E-state index is 13.2. The number of nitrogens with two attached hydrogens (primary N) is 1. The number of carbonyl (C=O) groups is 3. The van der Waals surface area contributed by atoms with Crippen LogP contribution in [0.2, 0.25) is 0 Å². The lowest BCUT2D eigenvalue weighted by atomic mass is 9.64. The van der Waals surface area contributed by atoms with Gasteiger partial charge in [0.2, 0.25) is 11.8 Å². The van der Waals surface area contributed by atoms with E-state index in [1.807, 2.05) is 27.7 Å². The summed E-state index contributed by atoms with van der Waals surface area (Å²) in [5.41, 5.74) is 5.01. The normalized spacial score (nSPS) is 33.8. The largest absolute Gasteiger partial charge is 0.446 e. The van der Waals surface area contributed by atoms with Gasteiger partial charge in [0, 0.05) is 6.54 Å². The van der Waals surface area contributed by atoms with Crippen molar-refractivity contribution >= 4 is 17.9 Å². The zero-order chi connectivity index (χ0) is 19.9. The monoisotopic (exact) mass is 379 g/mol. The fourth-order valence-corrected chi connectivity index (χ4v) is 4.94. The van der Waals surface area contributed by atoms with Crippen LogP contribution in [0.4, 0.5) is 4.79 Å². The van der Waals surface area contributed by atoms with E-state index in [4.69, 9.17) is 10.5 Å². The van der Waals surface area contributed by atoms with Crippen molar-refractivity contribution in [3.8, 4) is 0 Å². The molecule has 4 aliphatic rings. The van der Waals surface area contributed by atoms with Crippen molar-refractivity contribution in [2.24, 2.45) is 28.9 Å². The summed E-state index contributed by atoms with van der Waals surface area (Å²) in [6, 6.07) is -1.39. The summed E-state index contributed by atoms with van der Waals surface area (Å²) in [6.45, 7) is 8.08. The summed E-state index contributed by atoms with van der Waals surface area (Å²) >= 11 is 0. The predicted octanol–water partition coefficient (Wildman–Crippen LogP) is 2.04. The van der Waals surface area contributed by atoms with Gasteiger partial charge < -0.3 is 20.7 Å². The van der Waals surface area contributed by atoms with Crippen molar-refractivity contribution in [1.29, 1.82) is 0 Å². The molecule has 27 heavy (non-hydrogen) atoms. The van der Waals surface area contributed by atoms with Crippen LogP contribution in [0.25, 0.3) is 0 Å². The SMILES string of the molecule is CC1CCN(C(=O)[C@@H](NC(=O)OC2CC3CC(C3)C2)C(C)(C)C)C1C(N)=O. The number of rotatable bonds is 4. The predicted molar refractivity (Wildman–Crippen MR) is 101 cm³/mol. The Morgan fingerprint density at radius 2 is 1.70 bits per heavy atom. The van der Waals surface area contributed by atoms with Crippen molar-refractivity contribution in [3.63, 3.8) is 0 Å². The van der Waals surface area contributed by atoms with Crippen LogP contribution >= 0.6 is 0 Å². The number of nitrogens with one attached hydrogen (secondary N) is 1. The van der Waals surface area contributed by atoms with Gasteiger partial charge in [-0.2, -0.15) is 0 Å². The van der Waals surface area contributed by atoms with Gasteiger partial charge in [-0.05, 0) is 55.3 Å². The Balaban J connectivity index is 1.65. The minimum Gasteiger partial charge on any atom is -0.446 e. The fourth-order valence-electron chi connectivity index (χ4n) is 4.94. The first kappa shape index (κ1) is 20.0. The van der Waals surface area contributed by atoms with Gasteiger partial charge in [0.25, 0.3) is 0 Å². The number of ether oxygens (including phenoxy) is 1. The molecule has 3 N–H and O–H groups in total. The lowest BCUT2D eigenvalue weighted by Gasteiger charge is -2.44. The molecule has 3 amide bonds. The molecule has 7 nitrogen and oxygen atoms in total. The molecule has 2 bridgehead atoms. The summed E-state index contributed by atoms with van der Waals surface area (Å²) in [5.74, 6) is 0.630. The Hall–Kier alpha value is -1.79. The molecule has 0 aromatic carbocycles. The lowest BCUT2D eigenvalue weighted by Crippen LogP contribution is -2.58. The molecule has 0 spiro atoms. The molecule has 0 aromatic rings. The van der Waals surface area contributed by atoms with Gasteiger partial charge >= 0.3 is 6.09 Å². The lowest BCUT2D eigenvalue weighted by molar-refractivity contribution is -0.141. The molecule has 4 rings (SSSR count). The Kier molecular flexibility index (Phi) is 5.41. The van der Waals surface area contributed by atoms with E-state index in [1.54, 1.807) is 0 Å². The second-order valence-corrected chi connectivity index (χ2v) is 9.79. The zero-order valence-electron chi connectivity index (χ0n) is 16.9. The van der Waals surface area contributed by atoms with Crippen molar-refractivity contribution in [2.45, 2.75) is 78.0 Å². The van der Waals surface area contributed by atoms with E-state index in [0.717, 1.165) is 19.3 Å². The smallest absolute Gasteiger partial charge is 0.408 e. The summed E-state index contributed by atoms with van der Waals surface area (Å²) in [5, 5.41) is 2.78. The average Bonchev–Trinajstić information content (AvgIpc) is 2.92. The quantitative estimate of drug-likeness (QED) is 0.780. The van der Waals surface area contributed by atoms with Crippen molar-refractivity contribution < 1.29 is 19.1 Å². The van der Waals surface area contributed by atoms with Crippen LogP contribution in [0, 0.1) is 23.2 Å². The average molecular weight is 380 g/mol. The third kappa shape index (κ3) is 4.22. The Labute approximate surface area is 161 Å². The highest BCUT2D eigenvalue weighted by Gasteiger charge is 2.45. The Morgan fingerprint density at radius 3 is 2.22 bits per heavy atom. The standard InChI is InChI=1S/C20H33N3O4/c1-11-5-6-23(15(11)17(21)24)18(25)16(20(2,3)4)22-19(26)27-14-9-12-7-13(8-12)10-14/h11-16H,5-10H2,1-4H3,(H2,21,24)(H,22,26)/t11?,12?,13?,14?,15?,16-/m1/s1. The van der Waals surface area contributed by atoms with E-state index < -0.39 is 29.5 Å². The first-order chi connectivity index (χ1) is 12.6. The summed E-state index contributed by atoms with van der Waals surface area (Å²) in [4.78, 5) is 39.0. The highest BCUT2D eigenvalue weighted by molar-refractivity contribution is 5.92. The molecule has 3 saturated carbocycles. The van der Waals surface area contributed by atoms with E-state index in [2.05, 4.69) is 5.32 Å². The van der Waals surface area contributed by atoms with Crippen LogP contribution in [0.5, 0.6) is 0 Å². The highest BCUT2D eigenvalue weighted by Crippen LogP contribution is 2.46. The zero-order valence-corrected chi connectivity index (χ0v) is 16.9. The Bertz CT molecular complexity index is 599. The van der Waals surface area contributed by atoms with Crippen molar-refractivity contribution in [2.75, 3.05) is 6.54 Å². The maximum absolute atomic E-state index is 13.2. The minimum atomic E-state index is -0.768. The molecule has 7 heteroatoms. The van der Waals surface area contributed by atoms with Crippen molar-refractivity contribution in [3.05, 3.63) is 0 Å². The molecule has 0 radical (unpaired) electrons. The molecular weight excluding hydrogens is 346 g/mol. The van der Waals surface area contributed by atoms with E-state index in [0.29, 0.717) is 18.4 Å². The van der Waals surface area contributed by atoms with Crippen molar-refractivity contribution in [1.82, 2.24) is 10.2 Å². The molecule has 4 fully saturated rings. The van der Waals surface area contributed by atoms with Gasteiger partial charge in [0.1, 0.15) is 18.2 Å². The number of amides is 3. The number of fused-ring (bicyclic) bond motifs is 2. The second kappa shape index (κ2) is 7.32.